The van der Waals surface area contributed by atoms with Crippen molar-refractivity contribution < 1.29 is 21.8 Å². The topological polar surface area (TPSA) is 0 Å². The van der Waals surface area contributed by atoms with Crippen LogP contribution >= 0.6 is 0 Å². The quantitative estimate of drug-likeness (QED) is 0.590. The Morgan fingerprint density at radius 3 is 2.50 bits per heavy atom. The summed E-state index contributed by atoms with van der Waals surface area (Å²) in [6, 6.07) is 0. The molecule has 1 aliphatic rings. The van der Waals surface area contributed by atoms with Crippen LogP contribution in [0, 0.1) is 0 Å². The summed E-state index contributed by atoms with van der Waals surface area (Å²) in [6.45, 7) is 0. The second kappa shape index (κ2) is 2.78. The Bertz CT molecular complexity index is 131. The predicted molar refractivity (Wildman–Crippen MR) is 33.6 cm³/mol. The average Bonchev–Trinajstić information content (AvgIpc) is 2.12. The molecule has 0 radical (unpaired) electrons. The molecule has 0 atom stereocenters. The maximum absolute atomic E-state index is 2.43. The zero-order chi connectivity index (χ0) is 5.98. The maximum atomic E-state index is 2.43. The number of rotatable bonds is 1. The third-order valence-corrected chi connectivity index (χ3v) is 5.48. The minimum atomic E-state index is -0.909. The first-order valence-corrected chi connectivity index (χ1v) is 9.11. The fourth-order valence-corrected chi connectivity index (χ4v) is 3.17. The molecule has 1 heteroatoms. The molecule has 0 unspecified atom stereocenters. The Kier molecular flexibility index (Phi) is 2.25. The van der Waals surface area contributed by atoms with Crippen molar-refractivity contribution in [3.63, 3.8) is 0 Å². The van der Waals surface area contributed by atoms with Crippen LogP contribution in [0.2, 0.25) is 9.26 Å². The van der Waals surface area contributed by atoms with Gasteiger partial charge in [-0.3, -0.25) is 0 Å². The molecule has 0 aromatic carbocycles. The van der Waals surface area contributed by atoms with Crippen LogP contribution < -0.4 is 0 Å². The van der Waals surface area contributed by atoms with E-state index in [2.05, 4.69) is 27.5 Å². The monoisotopic (exact) mass is 185 g/mol. The molecule has 0 saturated carbocycles. The second-order valence-corrected chi connectivity index (χ2v) is 8.82. The molecule has 0 N–H and O–H groups in total. The minimum absolute atomic E-state index is 0.909. The van der Waals surface area contributed by atoms with Crippen molar-refractivity contribution in [3.05, 3.63) is 21.5 Å². The van der Waals surface area contributed by atoms with Crippen LogP contribution in [0.15, 0.2) is 21.5 Å². The third kappa shape index (κ3) is 1.42. The summed E-state index contributed by atoms with van der Waals surface area (Å²) in [5, 5.41) is 0. The van der Waals surface area contributed by atoms with Crippen molar-refractivity contribution in [1.29, 1.82) is 0 Å². The second-order valence-electron chi connectivity index (χ2n) is 2.32. The van der Waals surface area contributed by atoms with Crippen molar-refractivity contribution in [2.24, 2.45) is 0 Å². The normalized spacial score (nSPS) is 16.5. The third-order valence-electron chi connectivity index (χ3n) is 1.41. The van der Waals surface area contributed by atoms with Crippen LogP contribution in [0.1, 0.15) is 6.42 Å². The van der Waals surface area contributed by atoms with E-state index in [4.69, 9.17) is 0 Å². The molecule has 0 bridgehead atoms. The Morgan fingerprint density at radius 2 is 2.25 bits per heavy atom. The molecule has 0 aliphatic heterocycles. The Morgan fingerprint density at radius 1 is 1.50 bits per heavy atom. The van der Waals surface area contributed by atoms with Gasteiger partial charge in [-0.05, 0) is 0 Å². The van der Waals surface area contributed by atoms with Crippen LogP contribution in [0.5, 0.6) is 0 Å². The fourth-order valence-electron chi connectivity index (χ4n) is 0.818. The number of allylic oxidation sites excluding steroid dienone is 4. The summed E-state index contributed by atoms with van der Waals surface area (Å²) in [7, 11) is 0. The van der Waals surface area contributed by atoms with E-state index in [-0.39, 0.29) is 0 Å². The molecule has 1 rings (SSSR count). The summed E-state index contributed by atoms with van der Waals surface area (Å²) in [5.74, 6) is 0. The SMILES string of the molecule is [CH3][Zr]([CH3])[C]1=CC=CC1. The van der Waals surface area contributed by atoms with Crippen molar-refractivity contribution in [2.45, 2.75) is 15.7 Å². The Labute approximate surface area is 59.0 Å². The van der Waals surface area contributed by atoms with E-state index in [1.807, 2.05) is 0 Å². The molecular formula is C7H11Zr. The molecule has 8 heavy (non-hydrogen) atoms. The van der Waals surface area contributed by atoms with Crippen molar-refractivity contribution >= 4 is 0 Å². The van der Waals surface area contributed by atoms with Gasteiger partial charge in [-0.1, -0.05) is 0 Å². The van der Waals surface area contributed by atoms with Gasteiger partial charge in [0, 0.05) is 0 Å². The Hall–Kier alpha value is 0.363. The molecular weight excluding hydrogens is 175 g/mol. The van der Waals surface area contributed by atoms with Gasteiger partial charge >= 0.3 is 58.9 Å². The molecule has 0 aromatic heterocycles. The van der Waals surface area contributed by atoms with E-state index in [9.17, 15) is 0 Å². The van der Waals surface area contributed by atoms with Crippen molar-refractivity contribution in [1.82, 2.24) is 0 Å². The van der Waals surface area contributed by atoms with E-state index in [0.29, 0.717) is 0 Å². The molecule has 1 aliphatic carbocycles. The molecule has 0 amide bonds. The van der Waals surface area contributed by atoms with Gasteiger partial charge in [0.2, 0.25) is 0 Å². The zero-order valence-electron chi connectivity index (χ0n) is 5.44. The molecule has 0 aromatic rings. The zero-order valence-corrected chi connectivity index (χ0v) is 7.90. The van der Waals surface area contributed by atoms with Crippen LogP contribution in [-0.2, 0) is 21.8 Å². The molecule has 0 saturated heterocycles. The van der Waals surface area contributed by atoms with Gasteiger partial charge in [-0.2, -0.15) is 0 Å². The van der Waals surface area contributed by atoms with Gasteiger partial charge in [0.15, 0.2) is 0 Å². The van der Waals surface area contributed by atoms with Gasteiger partial charge in [-0.15, -0.1) is 0 Å². The van der Waals surface area contributed by atoms with Crippen molar-refractivity contribution in [3.8, 4) is 0 Å². The first kappa shape index (κ1) is 6.48. The summed E-state index contributed by atoms with van der Waals surface area (Å²) in [6.07, 6.45) is 8.00. The fraction of sp³-hybridized carbons (Fsp3) is 0.429. The van der Waals surface area contributed by atoms with Gasteiger partial charge in [0.25, 0.3) is 0 Å². The standard InChI is InChI=1S/C5H5.2CH3.Zr/c1-2-4-5-3-1;;;/h1-3H,4H2;2*1H3;. The molecule has 0 nitrogen and oxygen atoms in total. The summed E-state index contributed by atoms with van der Waals surface area (Å²) in [4.78, 5) is 0. The summed E-state index contributed by atoms with van der Waals surface area (Å²) in [5.41, 5.74) is 0. The summed E-state index contributed by atoms with van der Waals surface area (Å²) < 4.78 is 6.62. The first-order chi connectivity index (χ1) is 3.80. The average molecular weight is 186 g/mol. The first-order valence-electron chi connectivity index (χ1n) is 2.97. The van der Waals surface area contributed by atoms with Crippen LogP contribution in [-0.4, -0.2) is 0 Å². The molecule has 43 valence electrons. The van der Waals surface area contributed by atoms with Crippen LogP contribution in [0.3, 0.4) is 0 Å². The van der Waals surface area contributed by atoms with E-state index in [1.165, 1.54) is 6.42 Å². The van der Waals surface area contributed by atoms with Crippen molar-refractivity contribution in [2.75, 3.05) is 0 Å². The van der Waals surface area contributed by atoms with Gasteiger partial charge < -0.3 is 0 Å². The van der Waals surface area contributed by atoms with Gasteiger partial charge in [0.05, 0.1) is 0 Å². The number of hydrogen-bond donors (Lipinski definition) is 0. The van der Waals surface area contributed by atoms with E-state index in [0.717, 1.165) is 0 Å². The van der Waals surface area contributed by atoms with Gasteiger partial charge in [0.1, 0.15) is 0 Å². The van der Waals surface area contributed by atoms with E-state index >= 15 is 0 Å². The van der Waals surface area contributed by atoms with Crippen LogP contribution in [0.25, 0.3) is 0 Å². The summed E-state index contributed by atoms with van der Waals surface area (Å²) >= 11 is -0.909. The van der Waals surface area contributed by atoms with E-state index < -0.39 is 21.8 Å². The predicted octanol–water partition coefficient (Wildman–Crippen LogP) is 2.54. The van der Waals surface area contributed by atoms with Crippen LogP contribution in [0.4, 0.5) is 0 Å². The number of hydrogen-bond acceptors (Lipinski definition) is 0. The van der Waals surface area contributed by atoms with Gasteiger partial charge in [-0.25, -0.2) is 0 Å². The van der Waals surface area contributed by atoms with E-state index in [1.54, 1.807) is 3.28 Å². The molecule has 0 fully saturated rings. The molecule has 0 heterocycles. The Balaban J connectivity index is 2.51. The molecule has 0 spiro atoms.